The van der Waals surface area contributed by atoms with Crippen LogP contribution in [0.15, 0.2) is 47.4 Å². The SMILES string of the molecule is C[C@H](NS(=O)(=O)c1ccc(F)cc1)C(=O)O[C@@H](C)C(=O)NCc1ccc2c(c1)OCO2. The fraction of sp³-hybridized carbons (Fsp3) is 0.300. The van der Waals surface area contributed by atoms with Gasteiger partial charge in [0.1, 0.15) is 11.9 Å². The Morgan fingerprint density at radius 2 is 1.77 bits per heavy atom. The van der Waals surface area contributed by atoms with E-state index < -0.39 is 39.9 Å². The number of esters is 1. The molecule has 0 unspecified atom stereocenters. The molecule has 2 atom stereocenters. The molecule has 0 aliphatic carbocycles. The Balaban J connectivity index is 1.50. The summed E-state index contributed by atoms with van der Waals surface area (Å²) in [5, 5.41) is 2.63. The highest BCUT2D eigenvalue weighted by atomic mass is 32.2. The molecule has 0 radical (unpaired) electrons. The van der Waals surface area contributed by atoms with Crippen molar-refractivity contribution in [3.8, 4) is 11.5 Å². The van der Waals surface area contributed by atoms with Crippen LogP contribution in [0.2, 0.25) is 0 Å². The molecule has 2 N–H and O–H groups in total. The van der Waals surface area contributed by atoms with Crippen molar-refractivity contribution in [1.29, 1.82) is 0 Å². The number of carbonyl (C=O) groups is 2. The van der Waals surface area contributed by atoms with Crippen LogP contribution < -0.4 is 19.5 Å². The molecular weight excluding hydrogens is 431 g/mol. The molecule has 0 bridgehead atoms. The molecule has 11 heteroatoms. The first-order valence-corrected chi connectivity index (χ1v) is 10.8. The summed E-state index contributed by atoms with van der Waals surface area (Å²) in [6.45, 7) is 2.96. The van der Waals surface area contributed by atoms with Gasteiger partial charge in [0.2, 0.25) is 16.8 Å². The summed E-state index contributed by atoms with van der Waals surface area (Å²) in [5.41, 5.74) is 0.761. The Labute approximate surface area is 178 Å². The highest BCUT2D eigenvalue weighted by molar-refractivity contribution is 7.89. The Kier molecular flexibility index (Phi) is 6.76. The smallest absolute Gasteiger partial charge is 0.324 e. The molecule has 1 aliphatic heterocycles. The number of hydrogen-bond acceptors (Lipinski definition) is 7. The lowest BCUT2D eigenvalue weighted by atomic mass is 10.2. The van der Waals surface area contributed by atoms with Crippen LogP contribution in [0.5, 0.6) is 11.5 Å². The Bertz CT molecular complexity index is 1070. The third kappa shape index (κ3) is 5.70. The summed E-state index contributed by atoms with van der Waals surface area (Å²) in [7, 11) is -4.07. The van der Waals surface area contributed by atoms with Gasteiger partial charge in [0.05, 0.1) is 4.90 Å². The van der Waals surface area contributed by atoms with Gasteiger partial charge in [0.15, 0.2) is 17.6 Å². The summed E-state index contributed by atoms with van der Waals surface area (Å²) < 4.78 is 55.2. The zero-order valence-electron chi connectivity index (χ0n) is 16.8. The minimum absolute atomic E-state index is 0.140. The molecule has 2 aromatic carbocycles. The maximum atomic E-state index is 13.0. The molecule has 0 saturated carbocycles. The van der Waals surface area contributed by atoms with Crippen molar-refractivity contribution in [3.05, 3.63) is 53.8 Å². The van der Waals surface area contributed by atoms with Gasteiger partial charge >= 0.3 is 5.97 Å². The molecule has 2 aromatic rings. The van der Waals surface area contributed by atoms with E-state index >= 15 is 0 Å². The van der Waals surface area contributed by atoms with Crippen molar-refractivity contribution in [1.82, 2.24) is 10.0 Å². The highest BCUT2D eigenvalue weighted by Gasteiger charge is 2.26. The Morgan fingerprint density at radius 1 is 1.10 bits per heavy atom. The van der Waals surface area contributed by atoms with Crippen molar-refractivity contribution in [2.24, 2.45) is 0 Å². The maximum absolute atomic E-state index is 13.0. The molecule has 31 heavy (non-hydrogen) atoms. The number of nitrogens with one attached hydrogen (secondary N) is 2. The summed E-state index contributed by atoms with van der Waals surface area (Å²) in [5.74, 6) is -0.883. The first kappa shape index (κ1) is 22.5. The van der Waals surface area contributed by atoms with E-state index in [1.807, 2.05) is 0 Å². The minimum atomic E-state index is -4.07. The molecule has 3 rings (SSSR count). The zero-order valence-corrected chi connectivity index (χ0v) is 17.6. The Hall–Kier alpha value is -3.18. The van der Waals surface area contributed by atoms with Gasteiger partial charge in [-0.1, -0.05) is 6.07 Å². The van der Waals surface area contributed by atoms with E-state index in [4.69, 9.17) is 14.2 Å². The lowest BCUT2D eigenvalue weighted by Crippen LogP contribution is -2.43. The van der Waals surface area contributed by atoms with E-state index in [2.05, 4.69) is 10.0 Å². The topological polar surface area (TPSA) is 120 Å². The molecule has 0 saturated heterocycles. The number of ether oxygens (including phenoxy) is 3. The lowest BCUT2D eigenvalue weighted by molar-refractivity contribution is -0.156. The van der Waals surface area contributed by atoms with Gasteiger partial charge < -0.3 is 19.5 Å². The molecule has 1 aliphatic rings. The van der Waals surface area contributed by atoms with Crippen molar-refractivity contribution < 1.29 is 36.6 Å². The number of hydrogen-bond donors (Lipinski definition) is 2. The number of amides is 1. The van der Waals surface area contributed by atoms with E-state index in [-0.39, 0.29) is 18.2 Å². The second-order valence-corrected chi connectivity index (χ2v) is 8.50. The molecule has 1 amide bonds. The van der Waals surface area contributed by atoms with Crippen LogP contribution in [0.3, 0.4) is 0 Å². The van der Waals surface area contributed by atoms with E-state index in [1.165, 1.54) is 13.8 Å². The predicted molar refractivity (Wildman–Crippen MR) is 106 cm³/mol. The van der Waals surface area contributed by atoms with E-state index in [1.54, 1.807) is 18.2 Å². The predicted octanol–water partition coefficient (Wildman–Crippen LogP) is 1.47. The van der Waals surface area contributed by atoms with Crippen LogP contribution in [-0.4, -0.2) is 39.2 Å². The summed E-state index contributed by atoms with van der Waals surface area (Å²) in [6.07, 6.45) is -1.15. The number of carbonyl (C=O) groups excluding carboxylic acids is 2. The molecule has 1 heterocycles. The number of rotatable bonds is 8. The number of halogens is 1. The monoisotopic (exact) mass is 452 g/mol. The van der Waals surface area contributed by atoms with E-state index in [0.29, 0.717) is 11.5 Å². The van der Waals surface area contributed by atoms with Gasteiger partial charge in [-0.25, -0.2) is 12.8 Å². The first-order valence-electron chi connectivity index (χ1n) is 9.30. The van der Waals surface area contributed by atoms with Crippen molar-refractivity contribution in [2.45, 2.75) is 37.4 Å². The summed E-state index contributed by atoms with van der Waals surface area (Å²) in [4.78, 5) is 24.2. The van der Waals surface area contributed by atoms with Gasteiger partial charge in [0.25, 0.3) is 5.91 Å². The van der Waals surface area contributed by atoms with E-state index in [0.717, 1.165) is 29.8 Å². The van der Waals surface area contributed by atoms with Crippen molar-refractivity contribution in [3.63, 3.8) is 0 Å². The standard InChI is InChI=1S/C20H21FN2O7S/c1-12(23-31(26,27)16-6-4-15(21)5-7-16)20(25)30-13(2)19(24)22-10-14-3-8-17-18(9-14)29-11-28-17/h3-9,12-13,23H,10-11H2,1-2H3,(H,22,24)/t12-,13-/m0/s1. The zero-order chi connectivity index (χ0) is 22.6. The average molecular weight is 452 g/mol. The second kappa shape index (κ2) is 9.31. The van der Waals surface area contributed by atoms with Crippen LogP contribution in [0.25, 0.3) is 0 Å². The number of benzene rings is 2. The normalized spacial score (nSPS) is 14.5. The van der Waals surface area contributed by atoms with Gasteiger partial charge in [-0.15, -0.1) is 0 Å². The average Bonchev–Trinajstić information content (AvgIpc) is 3.19. The van der Waals surface area contributed by atoms with Gasteiger partial charge in [-0.2, -0.15) is 4.72 Å². The number of fused-ring (bicyclic) bond motifs is 1. The fourth-order valence-electron chi connectivity index (χ4n) is 2.68. The largest absolute Gasteiger partial charge is 0.454 e. The van der Waals surface area contributed by atoms with Crippen LogP contribution in [0.4, 0.5) is 4.39 Å². The third-order valence-electron chi connectivity index (χ3n) is 4.38. The lowest BCUT2D eigenvalue weighted by Gasteiger charge is -2.17. The van der Waals surface area contributed by atoms with Gasteiger partial charge in [-0.3, -0.25) is 9.59 Å². The molecule has 0 aromatic heterocycles. The molecule has 9 nitrogen and oxygen atoms in total. The summed E-state index contributed by atoms with van der Waals surface area (Å²) >= 11 is 0. The summed E-state index contributed by atoms with van der Waals surface area (Å²) in [6, 6.07) is 8.07. The highest BCUT2D eigenvalue weighted by Crippen LogP contribution is 2.32. The van der Waals surface area contributed by atoms with Crippen molar-refractivity contribution >= 4 is 21.9 Å². The van der Waals surface area contributed by atoms with Crippen LogP contribution in [0, 0.1) is 5.82 Å². The van der Waals surface area contributed by atoms with Crippen LogP contribution in [0.1, 0.15) is 19.4 Å². The Morgan fingerprint density at radius 3 is 2.48 bits per heavy atom. The molecule has 0 spiro atoms. The van der Waals surface area contributed by atoms with E-state index in [9.17, 15) is 22.4 Å². The van der Waals surface area contributed by atoms with Crippen LogP contribution in [-0.2, 0) is 30.9 Å². The molecule has 166 valence electrons. The third-order valence-corrected chi connectivity index (χ3v) is 5.93. The van der Waals surface area contributed by atoms with Gasteiger partial charge in [-0.05, 0) is 55.8 Å². The van der Waals surface area contributed by atoms with Crippen LogP contribution >= 0.6 is 0 Å². The minimum Gasteiger partial charge on any atom is -0.454 e. The van der Waals surface area contributed by atoms with Crippen molar-refractivity contribution in [2.75, 3.05) is 6.79 Å². The fourth-order valence-corrected chi connectivity index (χ4v) is 3.87. The number of sulfonamides is 1. The first-order chi connectivity index (χ1) is 14.7. The molecule has 0 fully saturated rings. The maximum Gasteiger partial charge on any atom is 0.324 e. The quantitative estimate of drug-likeness (QED) is 0.582. The molecular formula is C20H21FN2O7S. The second-order valence-electron chi connectivity index (χ2n) is 6.78. The van der Waals surface area contributed by atoms with Gasteiger partial charge in [0, 0.05) is 6.54 Å².